The van der Waals surface area contributed by atoms with Crippen molar-refractivity contribution in [3.05, 3.63) is 97.4 Å². The molecule has 3 rings (SSSR count). The number of rotatable bonds is 10. The van der Waals surface area contributed by atoms with Gasteiger partial charge in [0.05, 0.1) is 19.8 Å². The molecule has 10 heteroatoms. The molecule has 2 aromatic carbocycles. The first-order valence-electron chi connectivity index (χ1n) is 10.8. The molecule has 1 aromatic heterocycles. The van der Waals surface area contributed by atoms with Crippen LogP contribution in [0.25, 0.3) is 0 Å². The van der Waals surface area contributed by atoms with Crippen molar-refractivity contribution in [3.8, 4) is 5.75 Å². The summed E-state index contributed by atoms with van der Waals surface area (Å²) in [4.78, 5) is 27.1. The molecule has 3 aromatic rings. The molecule has 186 valence electrons. The van der Waals surface area contributed by atoms with E-state index in [2.05, 4.69) is 15.9 Å². The minimum Gasteiger partial charge on any atom is -0.487 e. The quantitative estimate of drug-likeness (QED) is 0.404. The van der Waals surface area contributed by atoms with E-state index >= 15 is 0 Å². The Hall–Kier alpha value is -3.08. The maximum absolute atomic E-state index is 13.9. The number of halogens is 3. The van der Waals surface area contributed by atoms with Crippen molar-refractivity contribution in [1.82, 2.24) is 9.47 Å². The van der Waals surface area contributed by atoms with Gasteiger partial charge in [-0.3, -0.25) is 9.59 Å². The molecule has 0 atom stereocenters. The second-order valence-corrected chi connectivity index (χ2v) is 8.61. The molecule has 0 aliphatic rings. The maximum atomic E-state index is 13.9. The highest BCUT2D eigenvalue weighted by molar-refractivity contribution is 9.10. The number of hydrogen-bond acceptors (Lipinski definition) is 5. The fourth-order valence-corrected chi connectivity index (χ4v) is 3.98. The zero-order chi connectivity index (χ0) is 25.5. The van der Waals surface area contributed by atoms with E-state index in [1.165, 1.54) is 15.5 Å². The van der Waals surface area contributed by atoms with Crippen molar-refractivity contribution in [2.45, 2.75) is 20.1 Å². The van der Waals surface area contributed by atoms with Gasteiger partial charge in [-0.2, -0.15) is 0 Å². The number of carbonyl (C=O) groups is 1. The highest BCUT2D eigenvalue weighted by Gasteiger charge is 2.17. The minimum absolute atomic E-state index is 0.0957. The predicted octanol–water partition coefficient (Wildman–Crippen LogP) is 3.25. The third-order valence-corrected chi connectivity index (χ3v) is 6.08. The SMILES string of the molecule is Cc1cc(OCc2ccc(F)cc2F)c(Br)c(=O)n1Cc1cccc(C(=O)N(CCO)CCO)c1. The van der Waals surface area contributed by atoms with E-state index in [4.69, 9.17) is 4.74 Å². The fourth-order valence-electron chi connectivity index (χ4n) is 3.54. The molecular weight excluding hydrogens is 526 g/mol. The third kappa shape index (κ3) is 6.53. The van der Waals surface area contributed by atoms with Crippen LogP contribution in [0.1, 0.15) is 27.2 Å². The Bertz CT molecular complexity index is 1260. The van der Waals surface area contributed by atoms with Crippen LogP contribution in [-0.2, 0) is 13.2 Å². The van der Waals surface area contributed by atoms with Gasteiger partial charge in [0.2, 0.25) is 0 Å². The van der Waals surface area contributed by atoms with Crippen LogP contribution in [-0.4, -0.2) is 51.9 Å². The number of aromatic nitrogens is 1. The largest absolute Gasteiger partial charge is 0.487 e. The van der Waals surface area contributed by atoms with E-state index in [1.54, 1.807) is 37.3 Å². The number of aliphatic hydroxyl groups is 2. The Labute approximate surface area is 209 Å². The lowest BCUT2D eigenvalue weighted by Crippen LogP contribution is -2.35. The molecule has 0 spiro atoms. The molecule has 2 N–H and O–H groups in total. The molecule has 0 radical (unpaired) electrons. The van der Waals surface area contributed by atoms with Crippen molar-refractivity contribution in [1.29, 1.82) is 0 Å². The topological polar surface area (TPSA) is 92.0 Å². The Morgan fingerprint density at radius 2 is 1.80 bits per heavy atom. The van der Waals surface area contributed by atoms with Crippen molar-refractivity contribution < 1.29 is 28.5 Å². The molecule has 0 unspecified atom stereocenters. The van der Waals surface area contributed by atoms with Crippen LogP contribution in [0.3, 0.4) is 0 Å². The summed E-state index contributed by atoms with van der Waals surface area (Å²) in [6.45, 7) is 1.45. The Morgan fingerprint density at radius 3 is 2.46 bits per heavy atom. The lowest BCUT2D eigenvalue weighted by atomic mass is 10.1. The first kappa shape index (κ1) is 26.5. The molecule has 0 saturated carbocycles. The van der Waals surface area contributed by atoms with Crippen LogP contribution in [0.15, 0.2) is 57.8 Å². The summed E-state index contributed by atoms with van der Waals surface area (Å²) in [5.74, 6) is -1.54. The Kier molecular flexibility index (Phi) is 9.13. The van der Waals surface area contributed by atoms with Gasteiger partial charge in [0.1, 0.15) is 28.5 Å². The summed E-state index contributed by atoms with van der Waals surface area (Å²) in [7, 11) is 0. The lowest BCUT2D eigenvalue weighted by Gasteiger charge is -2.21. The minimum atomic E-state index is -0.739. The van der Waals surface area contributed by atoms with Gasteiger partial charge in [0, 0.05) is 42.0 Å². The number of ether oxygens (including phenoxy) is 1. The monoisotopic (exact) mass is 550 g/mol. The van der Waals surface area contributed by atoms with Crippen LogP contribution in [0, 0.1) is 18.6 Å². The normalized spacial score (nSPS) is 10.9. The first-order chi connectivity index (χ1) is 16.7. The highest BCUT2D eigenvalue weighted by Crippen LogP contribution is 2.24. The van der Waals surface area contributed by atoms with Crippen LogP contribution >= 0.6 is 15.9 Å². The van der Waals surface area contributed by atoms with E-state index in [9.17, 15) is 28.6 Å². The van der Waals surface area contributed by atoms with Gasteiger partial charge in [-0.05, 0) is 52.7 Å². The van der Waals surface area contributed by atoms with E-state index in [0.29, 0.717) is 16.8 Å². The fraction of sp³-hybridized carbons (Fsp3) is 0.280. The van der Waals surface area contributed by atoms with Crippen molar-refractivity contribution in [2.24, 2.45) is 0 Å². The zero-order valence-corrected chi connectivity index (χ0v) is 20.6. The number of benzene rings is 2. The van der Waals surface area contributed by atoms with Crippen LogP contribution in [0.2, 0.25) is 0 Å². The molecular formula is C25H25BrF2N2O5. The second kappa shape index (κ2) is 12.1. The summed E-state index contributed by atoms with van der Waals surface area (Å²) in [6.07, 6.45) is 0. The number of aryl methyl sites for hydroxylation is 1. The number of aliphatic hydroxyl groups excluding tert-OH is 2. The molecule has 1 heterocycles. The van der Waals surface area contributed by atoms with Crippen molar-refractivity contribution >= 4 is 21.8 Å². The standard InChI is InChI=1S/C25H25BrF2N2O5/c1-16-11-22(35-15-19-5-6-20(27)13-21(19)28)23(26)25(34)30(16)14-17-3-2-4-18(12-17)24(33)29(7-9-31)8-10-32/h2-6,11-13,31-32H,7-10,14-15H2,1H3. The molecule has 0 fully saturated rings. The average Bonchev–Trinajstić information content (AvgIpc) is 2.83. The van der Waals surface area contributed by atoms with Gasteiger partial charge in [-0.25, -0.2) is 8.78 Å². The maximum Gasteiger partial charge on any atom is 0.269 e. The summed E-state index contributed by atoms with van der Waals surface area (Å²) in [5, 5.41) is 18.4. The summed E-state index contributed by atoms with van der Waals surface area (Å²) in [6, 6.07) is 11.6. The van der Waals surface area contributed by atoms with Crippen molar-refractivity contribution in [2.75, 3.05) is 26.3 Å². The number of hydrogen-bond donors (Lipinski definition) is 2. The number of carbonyl (C=O) groups excluding carboxylic acids is 1. The zero-order valence-electron chi connectivity index (χ0n) is 19.0. The van der Waals surface area contributed by atoms with Gasteiger partial charge in [0.25, 0.3) is 11.5 Å². The van der Waals surface area contributed by atoms with Gasteiger partial charge >= 0.3 is 0 Å². The van der Waals surface area contributed by atoms with Gasteiger partial charge in [-0.15, -0.1) is 0 Å². The molecule has 0 saturated heterocycles. The molecule has 0 aliphatic heterocycles. The van der Waals surface area contributed by atoms with E-state index in [1.807, 2.05) is 0 Å². The summed E-state index contributed by atoms with van der Waals surface area (Å²) in [5.41, 5.74) is 1.42. The van der Waals surface area contributed by atoms with E-state index in [0.717, 1.165) is 12.1 Å². The molecule has 0 bridgehead atoms. The van der Waals surface area contributed by atoms with Gasteiger partial charge < -0.3 is 24.4 Å². The van der Waals surface area contributed by atoms with Crippen LogP contribution < -0.4 is 10.3 Å². The smallest absolute Gasteiger partial charge is 0.269 e. The lowest BCUT2D eigenvalue weighted by molar-refractivity contribution is 0.0684. The van der Waals surface area contributed by atoms with Crippen LogP contribution in [0.4, 0.5) is 8.78 Å². The van der Waals surface area contributed by atoms with Gasteiger partial charge in [-0.1, -0.05) is 12.1 Å². The molecule has 35 heavy (non-hydrogen) atoms. The number of nitrogens with zero attached hydrogens (tertiary/aromatic N) is 2. The Balaban J connectivity index is 1.81. The molecule has 7 nitrogen and oxygen atoms in total. The predicted molar refractivity (Wildman–Crippen MR) is 129 cm³/mol. The van der Waals surface area contributed by atoms with E-state index < -0.39 is 11.6 Å². The van der Waals surface area contributed by atoms with Crippen molar-refractivity contribution in [3.63, 3.8) is 0 Å². The Morgan fingerprint density at radius 1 is 1.09 bits per heavy atom. The number of amides is 1. The van der Waals surface area contributed by atoms with Gasteiger partial charge in [0.15, 0.2) is 0 Å². The summed E-state index contributed by atoms with van der Waals surface area (Å²) >= 11 is 3.25. The first-order valence-corrected chi connectivity index (χ1v) is 11.6. The second-order valence-electron chi connectivity index (χ2n) is 7.82. The van der Waals surface area contributed by atoms with Crippen LogP contribution in [0.5, 0.6) is 5.75 Å². The molecule has 0 aliphatic carbocycles. The highest BCUT2D eigenvalue weighted by atomic mass is 79.9. The average molecular weight is 551 g/mol. The third-order valence-electron chi connectivity index (χ3n) is 5.35. The molecule has 1 amide bonds. The summed E-state index contributed by atoms with van der Waals surface area (Å²) < 4.78 is 34.3. The van der Waals surface area contributed by atoms with E-state index in [-0.39, 0.29) is 66.7 Å². The number of pyridine rings is 1.